The number of benzene rings is 3. The van der Waals surface area contributed by atoms with E-state index >= 15 is 0 Å². The first kappa shape index (κ1) is 35.2. The van der Waals surface area contributed by atoms with Crippen LogP contribution in [-0.2, 0) is 0 Å². The van der Waals surface area contributed by atoms with Crippen molar-refractivity contribution in [2.45, 2.75) is 38.1 Å². The van der Waals surface area contributed by atoms with Gasteiger partial charge >= 0.3 is 0 Å². The molecule has 0 spiro atoms. The highest BCUT2D eigenvalue weighted by molar-refractivity contribution is 6.03. The molecule has 13 nitrogen and oxygen atoms in total. The van der Waals surface area contributed by atoms with Crippen LogP contribution in [0.3, 0.4) is 0 Å². The van der Waals surface area contributed by atoms with Crippen LogP contribution < -0.4 is 37.9 Å². The SMILES string of the molecule is COc1cc2c(cc1OCCCCCOc1c(OC)cc(-c3cc(-c4cc(OC)c(OC)c(OC)c4)on3)cc1OC)N=C[C@@H]1CCCN1C2=O. The minimum absolute atomic E-state index is 0.0162. The van der Waals surface area contributed by atoms with E-state index < -0.39 is 0 Å². The number of ether oxygens (including phenoxy) is 8. The Hall–Kier alpha value is -5.59. The van der Waals surface area contributed by atoms with Crippen LogP contribution >= 0.6 is 0 Å². The molecule has 6 rings (SSSR count). The van der Waals surface area contributed by atoms with Gasteiger partial charge in [-0.05, 0) is 62.4 Å². The normalized spacial score (nSPS) is 14.7. The van der Waals surface area contributed by atoms with Crippen molar-refractivity contribution in [2.24, 2.45) is 4.99 Å². The minimum Gasteiger partial charge on any atom is -0.493 e. The molecule has 1 fully saturated rings. The zero-order chi connectivity index (χ0) is 35.9. The first-order valence-electron chi connectivity index (χ1n) is 16.8. The molecule has 0 saturated carbocycles. The Balaban J connectivity index is 1.05. The van der Waals surface area contributed by atoms with Crippen LogP contribution in [0.1, 0.15) is 42.5 Å². The third kappa shape index (κ3) is 7.33. The van der Waals surface area contributed by atoms with Crippen molar-refractivity contribution >= 4 is 17.8 Å². The summed E-state index contributed by atoms with van der Waals surface area (Å²) in [5.41, 5.74) is 3.15. The van der Waals surface area contributed by atoms with Crippen LogP contribution in [0.2, 0.25) is 0 Å². The number of carbonyl (C=O) groups excluding carboxylic acids is 1. The van der Waals surface area contributed by atoms with Crippen molar-refractivity contribution in [3.63, 3.8) is 0 Å². The summed E-state index contributed by atoms with van der Waals surface area (Å²) >= 11 is 0. The van der Waals surface area contributed by atoms with Gasteiger partial charge in [-0.3, -0.25) is 9.79 Å². The van der Waals surface area contributed by atoms with E-state index in [1.807, 2.05) is 29.3 Å². The number of aromatic nitrogens is 1. The topological polar surface area (TPSA) is 133 Å². The van der Waals surface area contributed by atoms with Crippen molar-refractivity contribution in [2.75, 3.05) is 62.4 Å². The molecular weight excluding hydrogens is 658 g/mol. The highest BCUT2D eigenvalue weighted by Crippen LogP contribution is 2.44. The molecule has 4 aromatic rings. The summed E-state index contributed by atoms with van der Waals surface area (Å²) in [4.78, 5) is 19.6. The molecule has 0 aliphatic carbocycles. The summed E-state index contributed by atoms with van der Waals surface area (Å²) in [7, 11) is 9.40. The highest BCUT2D eigenvalue weighted by Gasteiger charge is 2.32. The van der Waals surface area contributed by atoms with Gasteiger partial charge in [0.25, 0.3) is 5.91 Å². The number of hydrogen-bond acceptors (Lipinski definition) is 12. The Morgan fingerprint density at radius 1 is 0.686 bits per heavy atom. The van der Waals surface area contributed by atoms with Gasteiger partial charge in [-0.2, -0.15) is 0 Å². The largest absolute Gasteiger partial charge is 0.493 e. The second-order valence-corrected chi connectivity index (χ2v) is 12.0. The van der Waals surface area contributed by atoms with Crippen molar-refractivity contribution in [3.05, 3.63) is 48.0 Å². The number of amides is 1. The number of aliphatic imine (C=N–C) groups is 1. The second-order valence-electron chi connectivity index (χ2n) is 12.0. The van der Waals surface area contributed by atoms with Gasteiger partial charge in [0.05, 0.1) is 73.2 Å². The Morgan fingerprint density at radius 2 is 1.31 bits per heavy atom. The van der Waals surface area contributed by atoms with Gasteiger partial charge < -0.3 is 47.3 Å². The summed E-state index contributed by atoms with van der Waals surface area (Å²) < 4.78 is 51.3. The van der Waals surface area contributed by atoms with Crippen LogP contribution in [-0.4, -0.2) is 90.6 Å². The lowest BCUT2D eigenvalue weighted by Crippen LogP contribution is -2.35. The highest BCUT2D eigenvalue weighted by atomic mass is 16.5. The Labute approximate surface area is 296 Å². The van der Waals surface area contributed by atoms with Gasteiger partial charge in [0, 0.05) is 36.0 Å². The number of unbranched alkanes of at least 4 members (excludes halogenated alkanes) is 2. The third-order valence-corrected chi connectivity index (χ3v) is 8.97. The fraction of sp³-hybridized carbons (Fsp3) is 0.395. The van der Waals surface area contributed by atoms with E-state index in [4.69, 9.17) is 42.4 Å². The second kappa shape index (κ2) is 16.0. The molecular formula is C38H43N3O10. The fourth-order valence-corrected chi connectivity index (χ4v) is 6.30. The van der Waals surface area contributed by atoms with Gasteiger partial charge in [0.15, 0.2) is 40.3 Å². The van der Waals surface area contributed by atoms with Gasteiger partial charge in [-0.1, -0.05) is 5.16 Å². The van der Waals surface area contributed by atoms with Gasteiger partial charge in [0.2, 0.25) is 11.5 Å². The molecule has 3 aromatic carbocycles. The zero-order valence-electron chi connectivity index (χ0n) is 29.8. The molecule has 0 bridgehead atoms. The average Bonchev–Trinajstić information content (AvgIpc) is 3.84. The van der Waals surface area contributed by atoms with Crippen molar-refractivity contribution in [1.82, 2.24) is 10.1 Å². The molecule has 0 N–H and O–H groups in total. The zero-order valence-corrected chi connectivity index (χ0v) is 29.8. The van der Waals surface area contributed by atoms with E-state index in [0.29, 0.717) is 87.5 Å². The van der Waals surface area contributed by atoms with Crippen LogP contribution in [0.15, 0.2) is 52.0 Å². The van der Waals surface area contributed by atoms with Crippen molar-refractivity contribution in [1.29, 1.82) is 0 Å². The average molecular weight is 702 g/mol. The molecule has 1 amide bonds. The van der Waals surface area contributed by atoms with Crippen molar-refractivity contribution < 1.29 is 47.2 Å². The number of hydrogen-bond donors (Lipinski definition) is 0. The number of methoxy groups -OCH3 is 6. The molecule has 1 atom stereocenters. The van der Waals surface area contributed by atoms with Gasteiger partial charge in [-0.15, -0.1) is 0 Å². The molecule has 3 heterocycles. The standard InChI is InChI=1S/C38H43N3O10/c1-43-30-19-26-28(39-22-25-11-10-12-41(25)38(26)42)21-31(30)49-13-8-7-9-14-50-37-34(46-4)15-23(16-35(37)47-5)27-20-29(51-40-27)24-17-32(44-2)36(48-6)33(18-24)45-3/h15-22,25H,7-14H2,1-6H3/t25-/m0/s1. The molecule has 0 radical (unpaired) electrons. The lowest BCUT2D eigenvalue weighted by atomic mass is 10.1. The summed E-state index contributed by atoms with van der Waals surface area (Å²) in [6, 6.07) is 12.6. The van der Waals surface area contributed by atoms with E-state index in [0.717, 1.165) is 44.2 Å². The quantitative estimate of drug-likeness (QED) is 0.112. The van der Waals surface area contributed by atoms with Gasteiger partial charge in [0.1, 0.15) is 5.69 Å². The van der Waals surface area contributed by atoms with E-state index in [-0.39, 0.29) is 11.9 Å². The summed E-state index contributed by atoms with van der Waals surface area (Å²) in [5, 5.41) is 4.29. The molecule has 2 aliphatic heterocycles. The Morgan fingerprint density at radius 3 is 1.96 bits per heavy atom. The van der Waals surface area contributed by atoms with E-state index in [2.05, 4.69) is 10.1 Å². The summed E-state index contributed by atoms with van der Waals surface area (Å²) in [6.07, 6.45) is 6.20. The van der Waals surface area contributed by atoms with Crippen LogP contribution in [0, 0.1) is 0 Å². The number of nitrogens with zero attached hydrogens (tertiary/aromatic N) is 3. The molecule has 1 saturated heterocycles. The van der Waals surface area contributed by atoms with E-state index in [1.165, 1.54) is 0 Å². The van der Waals surface area contributed by atoms with Gasteiger partial charge in [-0.25, -0.2) is 0 Å². The molecule has 0 unspecified atom stereocenters. The first-order valence-corrected chi connectivity index (χ1v) is 16.8. The van der Waals surface area contributed by atoms with Crippen LogP contribution in [0.25, 0.3) is 22.6 Å². The van der Waals surface area contributed by atoms with Crippen LogP contribution in [0.4, 0.5) is 5.69 Å². The minimum atomic E-state index is -0.0162. The van der Waals surface area contributed by atoms with E-state index in [9.17, 15) is 4.79 Å². The predicted molar refractivity (Wildman–Crippen MR) is 190 cm³/mol. The molecule has 270 valence electrons. The summed E-state index contributed by atoms with van der Waals surface area (Å²) in [6.45, 7) is 1.66. The smallest absolute Gasteiger partial charge is 0.256 e. The lowest BCUT2D eigenvalue weighted by Gasteiger charge is -2.20. The first-order chi connectivity index (χ1) is 24.9. The monoisotopic (exact) mass is 701 g/mol. The van der Waals surface area contributed by atoms with Crippen LogP contribution in [0.5, 0.6) is 46.0 Å². The molecule has 1 aromatic heterocycles. The number of carbonyl (C=O) groups is 1. The maximum Gasteiger partial charge on any atom is 0.256 e. The maximum absolute atomic E-state index is 13.1. The summed E-state index contributed by atoms with van der Waals surface area (Å²) in [5.74, 6) is 4.57. The number of rotatable bonds is 16. The lowest BCUT2D eigenvalue weighted by molar-refractivity contribution is 0.0774. The Bertz CT molecular complexity index is 1840. The molecule has 13 heteroatoms. The molecule has 51 heavy (non-hydrogen) atoms. The van der Waals surface area contributed by atoms with E-state index in [1.54, 1.807) is 66.9 Å². The fourth-order valence-electron chi connectivity index (χ4n) is 6.30. The maximum atomic E-state index is 13.1. The third-order valence-electron chi connectivity index (χ3n) is 8.97. The molecule has 2 aliphatic rings. The van der Waals surface area contributed by atoms with Crippen molar-refractivity contribution in [3.8, 4) is 68.6 Å². The number of fused-ring (bicyclic) bond motifs is 2. The predicted octanol–water partition coefficient (Wildman–Crippen LogP) is 7.01. The Kier molecular flexibility index (Phi) is 11.0.